The van der Waals surface area contributed by atoms with Crippen LogP contribution in [0.3, 0.4) is 0 Å². The first kappa shape index (κ1) is 14.6. The second kappa shape index (κ2) is 6.09. The summed E-state index contributed by atoms with van der Waals surface area (Å²) < 4.78 is 5.40. The average Bonchev–Trinajstić information content (AvgIpc) is 2.88. The van der Waals surface area contributed by atoms with Gasteiger partial charge in [-0.3, -0.25) is 4.98 Å². The molecule has 20 heavy (non-hydrogen) atoms. The minimum Gasteiger partial charge on any atom is -0.467 e. The molecule has 0 bridgehead atoms. The Bertz CT molecular complexity index is 529. The molecule has 0 aliphatic carbocycles. The van der Waals surface area contributed by atoms with Gasteiger partial charge < -0.3 is 14.6 Å². The Morgan fingerprint density at radius 2 is 2.10 bits per heavy atom. The molecule has 2 aromatic rings. The Balaban J connectivity index is 2.10. The summed E-state index contributed by atoms with van der Waals surface area (Å²) in [5.41, 5.74) is 2.46. The number of anilines is 1. The predicted molar refractivity (Wildman–Crippen MR) is 81.6 cm³/mol. The molecule has 4 nitrogen and oxygen atoms in total. The first-order valence-corrected chi connectivity index (χ1v) is 6.87. The largest absolute Gasteiger partial charge is 0.467 e. The monoisotopic (exact) mass is 273 g/mol. The van der Waals surface area contributed by atoms with E-state index in [1.807, 2.05) is 24.5 Å². The fourth-order valence-electron chi connectivity index (χ4n) is 1.99. The van der Waals surface area contributed by atoms with Crippen molar-refractivity contribution in [2.24, 2.45) is 0 Å². The van der Waals surface area contributed by atoms with Gasteiger partial charge in [-0.05, 0) is 44.5 Å². The van der Waals surface area contributed by atoms with E-state index in [0.29, 0.717) is 0 Å². The van der Waals surface area contributed by atoms with Crippen molar-refractivity contribution in [2.45, 2.75) is 39.4 Å². The third-order valence-corrected chi connectivity index (χ3v) is 3.08. The van der Waals surface area contributed by atoms with Gasteiger partial charge in [-0.15, -0.1) is 0 Å². The molecule has 2 rings (SSSR count). The summed E-state index contributed by atoms with van der Waals surface area (Å²) in [6.07, 6.45) is 5.45. The zero-order valence-corrected chi connectivity index (χ0v) is 12.7. The van der Waals surface area contributed by atoms with Crippen molar-refractivity contribution in [2.75, 3.05) is 11.9 Å². The van der Waals surface area contributed by atoms with Gasteiger partial charge in [0.2, 0.25) is 0 Å². The highest BCUT2D eigenvalue weighted by atomic mass is 16.3. The van der Waals surface area contributed by atoms with Crippen molar-refractivity contribution in [3.8, 4) is 0 Å². The molecule has 0 saturated heterocycles. The zero-order chi connectivity index (χ0) is 14.6. The highest BCUT2D eigenvalue weighted by Gasteiger charge is 2.13. The van der Waals surface area contributed by atoms with Crippen molar-refractivity contribution >= 4 is 5.69 Å². The van der Waals surface area contributed by atoms with E-state index < -0.39 is 0 Å². The molecule has 0 spiro atoms. The number of aromatic nitrogens is 1. The van der Waals surface area contributed by atoms with Gasteiger partial charge in [0.1, 0.15) is 5.76 Å². The molecule has 0 radical (unpaired) electrons. The predicted octanol–water partition coefficient (Wildman–Crippen LogP) is 3.20. The van der Waals surface area contributed by atoms with Gasteiger partial charge in [0.15, 0.2) is 0 Å². The SMILES string of the molecule is CN(Cc1ccco1)c1cnccc1CNC(C)(C)C. The number of nitrogens with zero attached hydrogens (tertiary/aromatic N) is 2. The van der Waals surface area contributed by atoms with Crippen LogP contribution < -0.4 is 10.2 Å². The first-order chi connectivity index (χ1) is 9.46. The van der Waals surface area contributed by atoms with Gasteiger partial charge >= 0.3 is 0 Å². The summed E-state index contributed by atoms with van der Waals surface area (Å²) in [5, 5.41) is 3.51. The molecule has 1 N–H and O–H groups in total. The van der Waals surface area contributed by atoms with Gasteiger partial charge in [0.25, 0.3) is 0 Å². The number of rotatable bonds is 5. The number of furan rings is 1. The minimum absolute atomic E-state index is 0.0973. The quantitative estimate of drug-likeness (QED) is 0.908. The maximum absolute atomic E-state index is 5.40. The third-order valence-electron chi connectivity index (χ3n) is 3.08. The lowest BCUT2D eigenvalue weighted by atomic mass is 10.1. The summed E-state index contributed by atoms with van der Waals surface area (Å²) in [4.78, 5) is 6.40. The van der Waals surface area contributed by atoms with E-state index in [1.54, 1.807) is 6.26 Å². The number of pyridine rings is 1. The maximum Gasteiger partial charge on any atom is 0.123 e. The van der Waals surface area contributed by atoms with Crippen molar-refractivity contribution in [3.05, 3.63) is 48.2 Å². The van der Waals surface area contributed by atoms with Crippen LogP contribution in [0.2, 0.25) is 0 Å². The fraction of sp³-hybridized carbons (Fsp3) is 0.438. The lowest BCUT2D eigenvalue weighted by Gasteiger charge is -2.24. The van der Waals surface area contributed by atoms with Crippen LogP contribution in [0.1, 0.15) is 32.1 Å². The maximum atomic E-state index is 5.40. The number of hydrogen-bond donors (Lipinski definition) is 1. The van der Waals surface area contributed by atoms with Gasteiger partial charge in [0.05, 0.1) is 24.7 Å². The number of nitrogens with one attached hydrogen (secondary N) is 1. The van der Waals surface area contributed by atoms with Gasteiger partial charge in [-0.1, -0.05) is 0 Å². The summed E-state index contributed by atoms with van der Waals surface area (Å²) in [6.45, 7) is 8.06. The standard InChI is InChI=1S/C16H23N3O/c1-16(2,3)18-10-13-7-8-17-11-15(13)19(4)12-14-6-5-9-20-14/h5-9,11,18H,10,12H2,1-4H3. The van der Waals surface area contributed by atoms with Crippen LogP contribution in [0, 0.1) is 0 Å². The van der Waals surface area contributed by atoms with Crippen molar-refractivity contribution in [3.63, 3.8) is 0 Å². The average molecular weight is 273 g/mol. The van der Waals surface area contributed by atoms with E-state index in [-0.39, 0.29) is 5.54 Å². The smallest absolute Gasteiger partial charge is 0.123 e. The molecule has 0 aromatic carbocycles. The Hall–Kier alpha value is -1.81. The zero-order valence-electron chi connectivity index (χ0n) is 12.7. The topological polar surface area (TPSA) is 41.3 Å². The van der Waals surface area contributed by atoms with Crippen LogP contribution in [0.5, 0.6) is 0 Å². The molecule has 0 atom stereocenters. The van der Waals surface area contributed by atoms with Crippen LogP contribution in [0.15, 0.2) is 41.3 Å². The molecule has 2 aromatic heterocycles. The van der Waals surface area contributed by atoms with Crippen molar-refractivity contribution in [1.29, 1.82) is 0 Å². The van der Waals surface area contributed by atoms with E-state index in [4.69, 9.17) is 4.42 Å². The molecular formula is C16H23N3O. The molecule has 0 aliphatic rings. The third kappa shape index (κ3) is 4.10. The van der Waals surface area contributed by atoms with Crippen LogP contribution in [0.4, 0.5) is 5.69 Å². The Kier molecular flexibility index (Phi) is 4.45. The lowest BCUT2D eigenvalue weighted by molar-refractivity contribution is 0.424. The molecule has 108 valence electrons. The van der Waals surface area contributed by atoms with Crippen molar-refractivity contribution in [1.82, 2.24) is 10.3 Å². The molecule has 4 heteroatoms. The van der Waals surface area contributed by atoms with Gasteiger partial charge in [-0.2, -0.15) is 0 Å². The summed E-state index contributed by atoms with van der Waals surface area (Å²) in [7, 11) is 2.06. The molecular weight excluding hydrogens is 250 g/mol. The second-order valence-electron chi connectivity index (χ2n) is 6.04. The van der Waals surface area contributed by atoms with Crippen LogP contribution in [-0.2, 0) is 13.1 Å². The summed E-state index contributed by atoms with van der Waals surface area (Å²) >= 11 is 0. The number of hydrogen-bond acceptors (Lipinski definition) is 4. The fourth-order valence-corrected chi connectivity index (χ4v) is 1.99. The Morgan fingerprint density at radius 3 is 2.75 bits per heavy atom. The van der Waals surface area contributed by atoms with Gasteiger partial charge in [0, 0.05) is 25.3 Å². The molecule has 0 amide bonds. The lowest BCUT2D eigenvalue weighted by Crippen LogP contribution is -2.35. The molecule has 0 saturated carbocycles. The highest BCUT2D eigenvalue weighted by molar-refractivity contribution is 5.51. The second-order valence-corrected chi connectivity index (χ2v) is 6.04. The van der Waals surface area contributed by atoms with Crippen LogP contribution in [-0.4, -0.2) is 17.6 Å². The Labute approximate surface area is 120 Å². The molecule has 2 heterocycles. The molecule has 0 aliphatic heterocycles. The van der Waals surface area contributed by atoms with Gasteiger partial charge in [-0.25, -0.2) is 0 Å². The molecule has 0 unspecified atom stereocenters. The van der Waals surface area contributed by atoms with E-state index >= 15 is 0 Å². The summed E-state index contributed by atoms with van der Waals surface area (Å²) in [6, 6.07) is 5.96. The van der Waals surface area contributed by atoms with Crippen LogP contribution in [0.25, 0.3) is 0 Å². The minimum atomic E-state index is 0.0973. The highest BCUT2D eigenvalue weighted by Crippen LogP contribution is 2.20. The van der Waals surface area contributed by atoms with E-state index in [9.17, 15) is 0 Å². The normalized spacial score (nSPS) is 11.6. The van der Waals surface area contributed by atoms with Crippen LogP contribution >= 0.6 is 0 Å². The van der Waals surface area contributed by atoms with Crippen molar-refractivity contribution < 1.29 is 4.42 Å². The first-order valence-electron chi connectivity index (χ1n) is 6.87. The summed E-state index contributed by atoms with van der Waals surface area (Å²) in [5.74, 6) is 0.950. The van der Waals surface area contributed by atoms with E-state index in [2.05, 4.69) is 49.1 Å². The van der Waals surface area contributed by atoms with E-state index in [0.717, 1.165) is 24.5 Å². The molecule has 0 fully saturated rings. The Morgan fingerprint density at radius 1 is 1.30 bits per heavy atom. The van der Waals surface area contributed by atoms with E-state index in [1.165, 1.54) is 5.56 Å².